The molecule has 0 amide bonds. The van der Waals surface area contributed by atoms with Crippen LogP contribution in [0.2, 0.25) is 0 Å². The Balaban J connectivity index is 2.28. The second kappa shape index (κ2) is 4.90. The molecule has 20 heavy (non-hydrogen) atoms. The topological polar surface area (TPSA) is 80.9 Å². The third-order valence-electron chi connectivity index (χ3n) is 3.47. The molecule has 0 radical (unpaired) electrons. The molecule has 0 unspecified atom stereocenters. The van der Waals surface area contributed by atoms with Crippen LogP contribution in [0.5, 0.6) is 0 Å². The van der Waals surface area contributed by atoms with Crippen LogP contribution in [0.25, 0.3) is 11.4 Å². The maximum absolute atomic E-state index is 11.3. The van der Waals surface area contributed by atoms with E-state index in [-0.39, 0.29) is 5.69 Å². The van der Waals surface area contributed by atoms with Gasteiger partial charge in [-0.3, -0.25) is 4.68 Å². The Kier molecular flexibility index (Phi) is 3.21. The molecular weight excluding hydrogens is 276 g/mol. The van der Waals surface area contributed by atoms with Crippen LogP contribution in [0.15, 0.2) is 11.4 Å². The summed E-state index contributed by atoms with van der Waals surface area (Å²) in [5.41, 5.74) is 3.61. The highest BCUT2D eigenvalue weighted by Crippen LogP contribution is 2.33. The molecule has 3 rings (SSSR count). The maximum atomic E-state index is 11.3. The number of carbonyl (C=O) groups is 1. The van der Waals surface area contributed by atoms with Gasteiger partial charge in [0.05, 0.1) is 11.4 Å². The van der Waals surface area contributed by atoms with Crippen LogP contribution in [0.4, 0.5) is 0 Å². The van der Waals surface area contributed by atoms with E-state index in [0.29, 0.717) is 11.6 Å². The molecule has 1 N–H and O–H groups in total. The smallest absolute Gasteiger partial charge is 0.356 e. The maximum Gasteiger partial charge on any atom is 0.356 e. The van der Waals surface area contributed by atoms with Gasteiger partial charge >= 0.3 is 5.97 Å². The van der Waals surface area contributed by atoms with Gasteiger partial charge in [0.1, 0.15) is 0 Å². The zero-order chi connectivity index (χ0) is 14.3. The Morgan fingerprint density at radius 1 is 1.45 bits per heavy atom. The predicted molar refractivity (Wildman–Crippen MR) is 75.0 cm³/mol. The number of hydrogen-bond donors (Lipinski definition) is 1. The van der Waals surface area contributed by atoms with Crippen LogP contribution in [-0.4, -0.2) is 37.1 Å². The lowest BCUT2D eigenvalue weighted by atomic mass is 10.1. The molecule has 0 saturated carbocycles. The summed E-state index contributed by atoms with van der Waals surface area (Å²) in [6.45, 7) is 0. The largest absolute Gasteiger partial charge is 0.476 e. The zero-order valence-electron chi connectivity index (χ0n) is 11.3. The number of thioether (sulfide) groups is 1. The lowest BCUT2D eigenvalue weighted by molar-refractivity contribution is 0.0688. The zero-order valence-corrected chi connectivity index (χ0v) is 12.1. The molecule has 1 aliphatic carbocycles. The van der Waals surface area contributed by atoms with Crippen LogP contribution in [0.1, 0.15) is 28.0 Å². The minimum Gasteiger partial charge on any atom is -0.476 e. The van der Waals surface area contributed by atoms with Crippen molar-refractivity contribution < 1.29 is 9.90 Å². The van der Waals surface area contributed by atoms with Gasteiger partial charge < -0.3 is 5.11 Å². The molecular formula is C13H14N4O2S. The summed E-state index contributed by atoms with van der Waals surface area (Å²) < 4.78 is 1.63. The number of hydrogen-bond acceptors (Lipinski definition) is 5. The molecule has 2 heterocycles. The third kappa shape index (κ3) is 1.98. The molecule has 2 aromatic heterocycles. The molecule has 6 nitrogen and oxygen atoms in total. The molecule has 0 bridgehead atoms. The molecule has 0 fully saturated rings. The number of aryl methyl sites for hydroxylation is 2. The van der Waals surface area contributed by atoms with Crippen molar-refractivity contribution >= 4 is 17.7 Å². The van der Waals surface area contributed by atoms with Gasteiger partial charge in [0.15, 0.2) is 10.9 Å². The fourth-order valence-corrected chi connectivity index (χ4v) is 2.95. The number of nitrogens with zero attached hydrogens (tertiary/aromatic N) is 4. The average Bonchev–Trinajstić information content (AvgIpc) is 2.65. The minimum atomic E-state index is -0.982. The first-order chi connectivity index (χ1) is 9.61. The molecule has 0 saturated heterocycles. The Morgan fingerprint density at radius 3 is 2.95 bits per heavy atom. The van der Waals surface area contributed by atoms with Crippen LogP contribution in [0.3, 0.4) is 0 Å². The summed E-state index contributed by atoms with van der Waals surface area (Å²) in [5, 5.41) is 14.1. The SMILES string of the molecule is CSc1ncc2c(n1)-c1c(c(C(=O)O)nn1C)CCC2. The summed E-state index contributed by atoms with van der Waals surface area (Å²) in [6, 6.07) is 0. The highest BCUT2D eigenvalue weighted by Gasteiger charge is 2.27. The van der Waals surface area contributed by atoms with E-state index in [1.165, 1.54) is 11.8 Å². The lowest BCUT2D eigenvalue weighted by Crippen LogP contribution is -2.03. The van der Waals surface area contributed by atoms with Gasteiger partial charge in [-0.1, -0.05) is 11.8 Å². The Morgan fingerprint density at radius 2 is 2.25 bits per heavy atom. The van der Waals surface area contributed by atoms with Gasteiger partial charge in [0.2, 0.25) is 0 Å². The van der Waals surface area contributed by atoms with Crippen molar-refractivity contribution in [1.82, 2.24) is 19.7 Å². The highest BCUT2D eigenvalue weighted by atomic mass is 32.2. The van der Waals surface area contributed by atoms with Crippen LogP contribution in [-0.2, 0) is 19.9 Å². The number of aromatic nitrogens is 4. The van der Waals surface area contributed by atoms with Gasteiger partial charge in [-0.05, 0) is 31.1 Å². The molecule has 0 aromatic carbocycles. The van der Waals surface area contributed by atoms with Crippen molar-refractivity contribution in [3.05, 3.63) is 23.0 Å². The number of carboxylic acid groups (broad SMARTS) is 1. The second-order valence-electron chi connectivity index (χ2n) is 4.69. The summed E-state index contributed by atoms with van der Waals surface area (Å²) >= 11 is 1.47. The molecule has 0 spiro atoms. The average molecular weight is 290 g/mol. The van der Waals surface area contributed by atoms with Gasteiger partial charge in [-0.15, -0.1) is 0 Å². The van der Waals surface area contributed by atoms with Crippen LogP contribution in [0, 0.1) is 0 Å². The van der Waals surface area contributed by atoms with Crippen LogP contribution >= 0.6 is 11.8 Å². The first kappa shape index (κ1) is 13.1. The lowest BCUT2D eigenvalue weighted by Gasteiger charge is -2.07. The number of aromatic carboxylic acids is 1. The van der Waals surface area contributed by atoms with Gasteiger partial charge in [0.25, 0.3) is 0 Å². The van der Waals surface area contributed by atoms with Crippen molar-refractivity contribution in [3.8, 4) is 11.4 Å². The first-order valence-corrected chi connectivity index (χ1v) is 7.53. The van der Waals surface area contributed by atoms with E-state index in [1.54, 1.807) is 11.7 Å². The Hall–Kier alpha value is -1.89. The summed E-state index contributed by atoms with van der Waals surface area (Å²) in [5.74, 6) is -0.982. The molecule has 0 aliphatic heterocycles. The van der Waals surface area contributed by atoms with Crippen molar-refractivity contribution in [2.45, 2.75) is 24.4 Å². The predicted octanol–water partition coefficient (Wildman–Crippen LogP) is 1.79. The Bertz CT molecular complexity index is 696. The minimum absolute atomic E-state index is 0.139. The van der Waals surface area contributed by atoms with E-state index >= 15 is 0 Å². The normalized spacial score (nSPS) is 13.5. The standard InChI is InChI=1S/C13H14N4O2S/c1-17-11-8(10(16-17)12(18)19)5-3-4-7-6-14-13(20-2)15-9(7)11/h6H,3-5H2,1-2H3,(H,18,19). The molecule has 104 valence electrons. The van der Waals surface area contributed by atoms with Gasteiger partial charge in [-0.25, -0.2) is 14.8 Å². The molecule has 7 heteroatoms. The van der Waals surface area contributed by atoms with Gasteiger partial charge in [-0.2, -0.15) is 5.10 Å². The Labute approximate surface area is 120 Å². The van der Waals surface area contributed by atoms with Gasteiger partial charge in [0, 0.05) is 18.8 Å². The fourth-order valence-electron chi connectivity index (χ4n) is 2.61. The quantitative estimate of drug-likeness (QED) is 0.671. The highest BCUT2D eigenvalue weighted by molar-refractivity contribution is 7.98. The van der Waals surface area contributed by atoms with Crippen molar-refractivity contribution in [1.29, 1.82) is 0 Å². The monoisotopic (exact) mass is 290 g/mol. The van der Waals surface area contributed by atoms with Crippen molar-refractivity contribution in [2.24, 2.45) is 7.05 Å². The number of rotatable bonds is 2. The first-order valence-electron chi connectivity index (χ1n) is 6.31. The fraction of sp³-hybridized carbons (Fsp3) is 0.385. The molecule has 1 aliphatic rings. The van der Waals surface area contributed by atoms with E-state index in [1.807, 2.05) is 12.5 Å². The summed E-state index contributed by atoms with van der Waals surface area (Å²) in [4.78, 5) is 20.2. The van der Waals surface area contributed by atoms with E-state index in [9.17, 15) is 9.90 Å². The number of carboxylic acids is 1. The van der Waals surface area contributed by atoms with E-state index in [4.69, 9.17) is 0 Å². The van der Waals surface area contributed by atoms with Crippen molar-refractivity contribution in [2.75, 3.05) is 6.26 Å². The van der Waals surface area contributed by atoms with Crippen LogP contribution < -0.4 is 0 Å². The molecule has 2 aromatic rings. The summed E-state index contributed by atoms with van der Waals surface area (Å²) in [6.07, 6.45) is 6.21. The third-order valence-corrected chi connectivity index (χ3v) is 4.03. The van der Waals surface area contributed by atoms with E-state index in [0.717, 1.165) is 35.4 Å². The number of fused-ring (bicyclic) bond motifs is 3. The summed E-state index contributed by atoms with van der Waals surface area (Å²) in [7, 11) is 1.77. The van der Waals surface area contributed by atoms with E-state index in [2.05, 4.69) is 15.1 Å². The second-order valence-corrected chi connectivity index (χ2v) is 5.46. The van der Waals surface area contributed by atoms with Crippen molar-refractivity contribution in [3.63, 3.8) is 0 Å². The van der Waals surface area contributed by atoms with E-state index < -0.39 is 5.97 Å². The molecule has 0 atom stereocenters.